The summed E-state index contributed by atoms with van der Waals surface area (Å²) >= 11 is 4.73. The van der Waals surface area contributed by atoms with E-state index < -0.39 is 17.6 Å². The van der Waals surface area contributed by atoms with Gasteiger partial charge in [0, 0.05) is 0 Å². The Morgan fingerprint density at radius 3 is 1.26 bits per heavy atom. The van der Waals surface area contributed by atoms with E-state index in [9.17, 15) is 0 Å². The lowest BCUT2D eigenvalue weighted by Gasteiger charge is -2.44. The average Bonchev–Trinajstić information content (AvgIpc) is 2.96. The molecule has 0 spiro atoms. The highest BCUT2D eigenvalue weighted by Crippen LogP contribution is 2.32. The van der Waals surface area contributed by atoms with Gasteiger partial charge in [-0.05, 0) is 60.0 Å². The second kappa shape index (κ2) is 13.9. The maximum absolute atomic E-state index is 6.50. The Morgan fingerprint density at radius 2 is 0.895 bits per heavy atom. The zero-order chi connectivity index (χ0) is 26.9. The lowest BCUT2D eigenvalue weighted by atomic mass is 9.99. The summed E-state index contributed by atoms with van der Waals surface area (Å²) in [6.45, 7) is 3.13. The molecule has 38 heavy (non-hydrogen) atoms. The Bertz CT molecular complexity index is 1040. The first-order valence-electron chi connectivity index (χ1n) is 12.6. The molecule has 204 valence electrons. The summed E-state index contributed by atoms with van der Waals surface area (Å²) in [7, 11) is 4.95. The molecule has 0 amide bonds. The minimum absolute atomic E-state index is 0.252. The molecule has 0 aliphatic carbocycles. The minimum Gasteiger partial charge on any atom is -0.497 e. The Kier molecular flexibility index (Phi) is 10.3. The van der Waals surface area contributed by atoms with Crippen LogP contribution in [0.1, 0.15) is 23.6 Å². The maximum Gasteiger partial charge on any atom is 0.129 e. The highest BCUT2D eigenvalue weighted by atomic mass is 32.1. The van der Waals surface area contributed by atoms with Gasteiger partial charge >= 0.3 is 0 Å². The van der Waals surface area contributed by atoms with Crippen LogP contribution in [-0.4, -0.2) is 51.2 Å². The maximum atomic E-state index is 6.50. The number of hydrogen-bond acceptors (Lipinski definition) is 8. The molecule has 5 atom stereocenters. The first kappa shape index (κ1) is 28.3. The Labute approximate surface area is 230 Å². The quantitative estimate of drug-likeness (QED) is 0.307. The number of ether oxygens (including phenoxy) is 7. The van der Waals surface area contributed by atoms with Crippen molar-refractivity contribution in [1.82, 2.24) is 0 Å². The fourth-order valence-corrected chi connectivity index (χ4v) is 4.78. The molecule has 0 saturated carbocycles. The van der Waals surface area contributed by atoms with E-state index in [1.807, 2.05) is 79.7 Å². The summed E-state index contributed by atoms with van der Waals surface area (Å²) in [4.78, 5) is 0. The van der Waals surface area contributed by atoms with Gasteiger partial charge < -0.3 is 33.2 Å². The second-order valence-electron chi connectivity index (χ2n) is 9.10. The predicted octanol–water partition coefficient (Wildman–Crippen LogP) is 5.44. The molecule has 0 unspecified atom stereocenters. The van der Waals surface area contributed by atoms with Gasteiger partial charge in [0.25, 0.3) is 0 Å². The fourth-order valence-electron chi connectivity index (χ4n) is 4.33. The van der Waals surface area contributed by atoms with Crippen LogP contribution >= 0.6 is 12.6 Å². The van der Waals surface area contributed by atoms with Gasteiger partial charge in [0.05, 0.1) is 47.3 Å². The van der Waals surface area contributed by atoms with Crippen LogP contribution in [0.4, 0.5) is 0 Å². The molecule has 0 N–H and O–H groups in total. The van der Waals surface area contributed by atoms with Gasteiger partial charge in [0.1, 0.15) is 41.0 Å². The van der Waals surface area contributed by atoms with Crippen LogP contribution in [0.15, 0.2) is 72.8 Å². The van der Waals surface area contributed by atoms with Crippen LogP contribution in [-0.2, 0) is 38.8 Å². The fraction of sp³-hybridized carbons (Fsp3) is 0.400. The number of rotatable bonds is 12. The van der Waals surface area contributed by atoms with Gasteiger partial charge in [-0.25, -0.2) is 0 Å². The van der Waals surface area contributed by atoms with Crippen molar-refractivity contribution in [3.8, 4) is 17.2 Å². The third-order valence-electron chi connectivity index (χ3n) is 6.55. The molecule has 1 aliphatic heterocycles. The monoisotopic (exact) mass is 540 g/mol. The van der Waals surface area contributed by atoms with Crippen molar-refractivity contribution in [3.05, 3.63) is 89.5 Å². The van der Waals surface area contributed by atoms with Gasteiger partial charge in [0.2, 0.25) is 0 Å². The van der Waals surface area contributed by atoms with Crippen molar-refractivity contribution in [2.75, 3.05) is 21.3 Å². The highest BCUT2D eigenvalue weighted by molar-refractivity contribution is 7.80. The predicted molar refractivity (Wildman–Crippen MR) is 148 cm³/mol. The zero-order valence-electron chi connectivity index (χ0n) is 22.2. The van der Waals surface area contributed by atoms with E-state index in [-0.39, 0.29) is 12.2 Å². The SMILES string of the molecule is COc1ccc(CO[C@@H]2[C@H](OCc3ccc(OC)cc3)[C@H](C)O[C@H](S)[C@H]2OCc2ccc(OC)cc2)cc1. The van der Waals surface area contributed by atoms with E-state index in [2.05, 4.69) is 0 Å². The molecule has 1 heterocycles. The molecule has 0 radical (unpaired) electrons. The molecular weight excluding hydrogens is 504 g/mol. The van der Waals surface area contributed by atoms with Gasteiger partial charge in [-0.1, -0.05) is 36.4 Å². The molecule has 7 nitrogen and oxygen atoms in total. The Morgan fingerprint density at radius 1 is 0.553 bits per heavy atom. The van der Waals surface area contributed by atoms with E-state index in [1.165, 1.54) is 0 Å². The normalized spacial score (nSPS) is 23.1. The topological polar surface area (TPSA) is 64.6 Å². The standard InChI is InChI=1S/C30H36O7S/c1-20-27(34-17-21-5-11-24(31-2)12-6-21)28(35-18-22-7-13-25(32-3)14-8-22)29(30(38)37-20)36-19-23-9-15-26(33-4)16-10-23/h5-16,20,27-30,38H,17-19H2,1-4H3/t20-,27+,28+,29-,30+/m0/s1. The number of benzene rings is 3. The van der Waals surface area contributed by atoms with E-state index in [4.69, 9.17) is 45.8 Å². The summed E-state index contributed by atoms with van der Waals surface area (Å²) in [6, 6.07) is 23.4. The van der Waals surface area contributed by atoms with Crippen LogP contribution in [0.3, 0.4) is 0 Å². The molecule has 0 bridgehead atoms. The second-order valence-corrected chi connectivity index (χ2v) is 9.61. The van der Waals surface area contributed by atoms with Crippen LogP contribution < -0.4 is 14.2 Å². The van der Waals surface area contributed by atoms with Crippen LogP contribution in [0.5, 0.6) is 17.2 Å². The van der Waals surface area contributed by atoms with Gasteiger partial charge in [-0.15, -0.1) is 12.6 Å². The van der Waals surface area contributed by atoms with Crippen LogP contribution in [0.25, 0.3) is 0 Å². The molecule has 3 aromatic rings. The van der Waals surface area contributed by atoms with Gasteiger partial charge in [0.15, 0.2) is 0 Å². The summed E-state index contributed by atoms with van der Waals surface area (Å²) in [5, 5.41) is 0. The zero-order valence-corrected chi connectivity index (χ0v) is 23.1. The molecular formula is C30H36O7S. The van der Waals surface area contributed by atoms with Gasteiger partial charge in [-0.2, -0.15) is 0 Å². The highest BCUT2D eigenvalue weighted by Gasteiger charge is 2.45. The minimum atomic E-state index is -0.482. The lowest BCUT2D eigenvalue weighted by Crippen LogP contribution is -2.57. The van der Waals surface area contributed by atoms with Crippen LogP contribution in [0, 0.1) is 0 Å². The average molecular weight is 541 g/mol. The van der Waals surface area contributed by atoms with Crippen molar-refractivity contribution >= 4 is 12.6 Å². The summed E-state index contributed by atoms with van der Waals surface area (Å²) in [6.07, 6.45) is -1.51. The molecule has 1 saturated heterocycles. The summed E-state index contributed by atoms with van der Waals surface area (Å²) < 4.78 is 41.2. The van der Waals surface area contributed by atoms with E-state index in [1.54, 1.807) is 21.3 Å². The number of methoxy groups -OCH3 is 3. The smallest absolute Gasteiger partial charge is 0.129 e. The van der Waals surface area contributed by atoms with Crippen molar-refractivity contribution in [2.45, 2.75) is 56.6 Å². The molecule has 3 aromatic carbocycles. The van der Waals surface area contributed by atoms with Crippen molar-refractivity contribution in [1.29, 1.82) is 0 Å². The number of hydrogen-bond donors (Lipinski definition) is 1. The van der Waals surface area contributed by atoms with E-state index in [0.29, 0.717) is 19.8 Å². The first-order chi connectivity index (χ1) is 18.5. The molecule has 0 aromatic heterocycles. The van der Waals surface area contributed by atoms with Gasteiger partial charge in [-0.3, -0.25) is 0 Å². The Balaban J connectivity index is 1.50. The van der Waals surface area contributed by atoms with Crippen LogP contribution in [0.2, 0.25) is 0 Å². The largest absolute Gasteiger partial charge is 0.497 e. The molecule has 1 aliphatic rings. The van der Waals surface area contributed by atoms with Crippen molar-refractivity contribution in [3.63, 3.8) is 0 Å². The molecule has 8 heteroatoms. The lowest BCUT2D eigenvalue weighted by molar-refractivity contribution is -0.242. The van der Waals surface area contributed by atoms with E-state index >= 15 is 0 Å². The molecule has 1 fully saturated rings. The summed E-state index contributed by atoms with van der Waals surface area (Å²) in [5.74, 6) is 2.39. The Hall–Kier alpha value is -2.75. The third kappa shape index (κ3) is 7.42. The third-order valence-corrected chi connectivity index (χ3v) is 6.97. The first-order valence-corrected chi connectivity index (χ1v) is 13.1. The van der Waals surface area contributed by atoms with Crippen molar-refractivity contribution < 1.29 is 33.2 Å². The molecule has 4 rings (SSSR count). The number of thiol groups is 1. The summed E-state index contributed by atoms with van der Waals surface area (Å²) in [5.41, 5.74) is 2.57. The van der Waals surface area contributed by atoms with Crippen molar-refractivity contribution in [2.24, 2.45) is 0 Å². The van der Waals surface area contributed by atoms with E-state index in [0.717, 1.165) is 33.9 Å².